The van der Waals surface area contributed by atoms with E-state index in [4.69, 9.17) is 0 Å². The minimum Gasteiger partial charge on any atom is -0.340 e. The molecule has 2 atom stereocenters. The molecule has 2 fully saturated rings. The molecule has 0 saturated carbocycles. The highest BCUT2D eigenvalue weighted by Gasteiger charge is 2.31. The van der Waals surface area contributed by atoms with Crippen molar-refractivity contribution in [1.29, 1.82) is 0 Å². The van der Waals surface area contributed by atoms with Crippen molar-refractivity contribution in [1.82, 2.24) is 15.1 Å². The third-order valence-corrected chi connectivity index (χ3v) is 4.15. The molecule has 0 spiro atoms. The molecule has 98 valence electrons. The first-order chi connectivity index (χ1) is 8.22. The fourth-order valence-electron chi connectivity index (χ4n) is 2.95. The van der Waals surface area contributed by atoms with Gasteiger partial charge in [0, 0.05) is 26.2 Å². The first kappa shape index (κ1) is 12.8. The Labute approximate surface area is 104 Å². The Morgan fingerprint density at radius 1 is 1.41 bits per heavy atom. The molecule has 0 aromatic carbocycles. The van der Waals surface area contributed by atoms with Gasteiger partial charge in [-0.2, -0.15) is 0 Å². The molecule has 0 aromatic heterocycles. The number of hydrogen-bond acceptors (Lipinski definition) is 3. The van der Waals surface area contributed by atoms with Gasteiger partial charge in [-0.1, -0.05) is 0 Å². The summed E-state index contributed by atoms with van der Waals surface area (Å²) in [4.78, 5) is 16.4. The second-order valence-corrected chi connectivity index (χ2v) is 5.30. The number of carbonyl (C=O) groups excluding carboxylic acids is 1. The molecule has 0 aromatic rings. The van der Waals surface area contributed by atoms with Gasteiger partial charge >= 0.3 is 0 Å². The summed E-state index contributed by atoms with van der Waals surface area (Å²) in [5, 5.41) is 3.45. The minimum absolute atomic E-state index is 0.0747. The zero-order chi connectivity index (χ0) is 12.3. The van der Waals surface area contributed by atoms with Crippen LogP contribution in [0.15, 0.2) is 0 Å². The first-order valence-electron chi connectivity index (χ1n) is 6.96. The van der Waals surface area contributed by atoms with Gasteiger partial charge in [-0.3, -0.25) is 9.69 Å². The van der Waals surface area contributed by atoms with E-state index in [-0.39, 0.29) is 6.04 Å². The highest BCUT2D eigenvalue weighted by molar-refractivity contribution is 5.82. The number of amides is 1. The number of piperidine rings is 1. The number of carbonyl (C=O) groups is 1. The van der Waals surface area contributed by atoms with E-state index in [1.807, 2.05) is 4.90 Å². The summed E-state index contributed by atoms with van der Waals surface area (Å²) < 4.78 is 0. The lowest BCUT2D eigenvalue weighted by Gasteiger charge is -2.40. The fourth-order valence-corrected chi connectivity index (χ4v) is 2.95. The maximum absolute atomic E-state index is 12.1. The van der Waals surface area contributed by atoms with Gasteiger partial charge in [0.25, 0.3) is 0 Å². The van der Waals surface area contributed by atoms with Crippen molar-refractivity contribution in [3.05, 3.63) is 0 Å². The molecule has 2 unspecified atom stereocenters. The van der Waals surface area contributed by atoms with Crippen molar-refractivity contribution >= 4 is 5.91 Å². The molecule has 4 nitrogen and oxygen atoms in total. The van der Waals surface area contributed by atoms with Gasteiger partial charge in [0.1, 0.15) is 0 Å². The van der Waals surface area contributed by atoms with E-state index in [9.17, 15) is 4.79 Å². The molecule has 1 N–H and O–H groups in total. The number of hydrogen-bond donors (Lipinski definition) is 1. The molecule has 0 bridgehead atoms. The summed E-state index contributed by atoms with van der Waals surface area (Å²) in [6.07, 6.45) is 2.59. The Morgan fingerprint density at radius 2 is 2.24 bits per heavy atom. The zero-order valence-corrected chi connectivity index (χ0v) is 11.1. The minimum atomic E-state index is 0.0747. The molecule has 2 aliphatic heterocycles. The van der Waals surface area contributed by atoms with Crippen LogP contribution in [0.1, 0.15) is 26.7 Å². The molecule has 2 heterocycles. The fraction of sp³-hybridized carbons (Fsp3) is 0.923. The molecule has 0 radical (unpaired) electrons. The first-order valence-corrected chi connectivity index (χ1v) is 6.96. The largest absolute Gasteiger partial charge is 0.340 e. The van der Waals surface area contributed by atoms with Crippen LogP contribution in [0.4, 0.5) is 0 Å². The topological polar surface area (TPSA) is 35.6 Å². The molecule has 0 aliphatic carbocycles. The standard InChI is InChI=1S/C13H25N3O/c1-3-15-7-8-16(11(2)13(15)17)10-12-5-4-6-14-9-12/h11-12,14H,3-10H2,1-2H3. The van der Waals surface area contributed by atoms with Crippen LogP contribution in [0.2, 0.25) is 0 Å². The molecular weight excluding hydrogens is 214 g/mol. The lowest BCUT2D eigenvalue weighted by Crippen LogP contribution is -2.57. The van der Waals surface area contributed by atoms with Crippen LogP contribution in [-0.2, 0) is 4.79 Å². The Kier molecular flexibility index (Phi) is 4.40. The second-order valence-electron chi connectivity index (χ2n) is 5.30. The predicted molar refractivity (Wildman–Crippen MR) is 68.9 cm³/mol. The van der Waals surface area contributed by atoms with E-state index < -0.39 is 0 Å². The average Bonchev–Trinajstić information content (AvgIpc) is 2.37. The van der Waals surface area contributed by atoms with Crippen LogP contribution >= 0.6 is 0 Å². The van der Waals surface area contributed by atoms with Gasteiger partial charge in [0.15, 0.2) is 0 Å². The SMILES string of the molecule is CCN1CCN(CC2CCCNC2)C(C)C1=O. The van der Waals surface area contributed by atoms with Crippen LogP contribution in [0.25, 0.3) is 0 Å². The maximum atomic E-state index is 12.1. The lowest BCUT2D eigenvalue weighted by atomic mass is 9.98. The van der Waals surface area contributed by atoms with E-state index in [0.717, 1.165) is 45.2 Å². The number of nitrogens with one attached hydrogen (secondary N) is 1. The monoisotopic (exact) mass is 239 g/mol. The van der Waals surface area contributed by atoms with E-state index >= 15 is 0 Å². The van der Waals surface area contributed by atoms with Crippen molar-refractivity contribution in [3.63, 3.8) is 0 Å². The second kappa shape index (κ2) is 5.83. The number of rotatable bonds is 3. The van der Waals surface area contributed by atoms with E-state index in [1.54, 1.807) is 0 Å². The van der Waals surface area contributed by atoms with Crippen molar-refractivity contribution in [2.24, 2.45) is 5.92 Å². The molecule has 2 saturated heterocycles. The van der Waals surface area contributed by atoms with Crippen molar-refractivity contribution in [2.45, 2.75) is 32.7 Å². The quantitative estimate of drug-likeness (QED) is 0.781. The predicted octanol–water partition coefficient (Wildman–Crippen LogP) is 0.539. The third kappa shape index (κ3) is 2.99. The van der Waals surface area contributed by atoms with Crippen LogP contribution in [0.5, 0.6) is 0 Å². The van der Waals surface area contributed by atoms with Gasteiger partial charge < -0.3 is 10.2 Å². The summed E-state index contributed by atoms with van der Waals surface area (Å²) in [7, 11) is 0. The number of nitrogens with zero attached hydrogens (tertiary/aromatic N) is 2. The van der Waals surface area contributed by atoms with Crippen molar-refractivity contribution < 1.29 is 4.79 Å². The number of piperazine rings is 1. The van der Waals surface area contributed by atoms with Crippen LogP contribution in [-0.4, -0.2) is 61.0 Å². The van der Waals surface area contributed by atoms with Gasteiger partial charge in [0.2, 0.25) is 5.91 Å². The molecule has 2 aliphatic rings. The van der Waals surface area contributed by atoms with Crippen molar-refractivity contribution in [2.75, 3.05) is 39.3 Å². The van der Waals surface area contributed by atoms with E-state index in [2.05, 4.69) is 24.1 Å². The van der Waals surface area contributed by atoms with Gasteiger partial charge in [-0.05, 0) is 45.7 Å². The Morgan fingerprint density at radius 3 is 2.88 bits per heavy atom. The molecule has 17 heavy (non-hydrogen) atoms. The Bertz CT molecular complexity index is 263. The Hall–Kier alpha value is -0.610. The lowest BCUT2D eigenvalue weighted by molar-refractivity contribution is -0.141. The van der Waals surface area contributed by atoms with Crippen LogP contribution in [0, 0.1) is 5.92 Å². The molecule has 2 rings (SSSR count). The summed E-state index contributed by atoms with van der Waals surface area (Å²) in [6, 6.07) is 0.0747. The van der Waals surface area contributed by atoms with Gasteiger partial charge in [0.05, 0.1) is 6.04 Å². The van der Waals surface area contributed by atoms with Crippen molar-refractivity contribution in [3.8, 4) is 0 Å². The normalized spacial score (nSPS) is 31.9. The van der Waals surface area contributed by atoms with E-state index in [0.29, 0.717) is 5.91 Å². The highest BCUT2D eigenvalue weighted by atomic mass is 16.2. The summed E-state index contributed by atoms with van der Waals surface area (Å²) in [6.45, 7) is 10.3. The maximum Gasteiger partial charge on any atom is 0.239 e. The Balaban J connectivity index is 1.87. The summed E-state index contributed by atoms with van der Waals surface area (Å²) >= 11 is 0. The zero-order valence-electron chi connectivity index (χ0n) is 11.1. The molecular formula is C13H25N3O. The summed E-state index contributed by atoms with van der Waals surface area (Å²) in [5.41, 5.74) is 0. The molecule has 1 amide bonds. The third-order valence-electron chi connectivity index (χ3n) is 4.15. The summed E-state index contributed by atoms with van der Waals surface area (Å²) in [5.74, 6) is 1.04. The van der Waals surface area contributed by atoms with Gasteiger partial charge in [-0.15, -0.1) is 0 Å². The highest BCUT2D eigenvalue weighted by Crippen LogP contribution is 2.17. The average molecular weight is 239 g/mol. The van der Waals surface area contributed by atoms with Crippen LogP contribution in [0.3, 0.4) is 0 Å². The van der Waals surface area contributed by atoms with Crippen LogP contribution < -0.4 is 5.32 Å². The smallest absolute Gasteiger partial charge is 0.239 e. The van der Waals surface area contributed by atoms with Gasteiger partial charge in [-0.25, -0.2) is 0 Å². The van der Waals surface area contributed by atoms with E-state index in [1.165, 1.54) is 12.8 Å². The molecule has 4 heteroatoms. The number of likely N-dealkylation sites (N-methyl/N-ethyl adjacent to an activating group) is 1.